The number of unbranched alkanes of at least 4 members (excludes halogenated alkanes) is 7. The first kappa shape index (κ1) is 17.1. The van der Waals surface area contributed by atoms with Crippen molar-refractivity contribution in [2.75, 3.05) is 6.54 Å². The highest BCUT2D eigenvalue weighted by Crippen LogP contribution is 2.10. The van der Waals surface area contributed by atoms with Crippen molar-refractivity contribution in [3.8, 4) is 0 Å². The summed E-state index contributed by atoms with van der Waals surface area (Å²) in [6, 6.07) is 0. The Morgan fingerprint density at radius 1 is 0.778 bits per heavy atom. The van der Waals surface area contributed by atoms with Crippen molar-refractivity contribution in [1.82, 2.24) is 5.43 Å². The molecule has 5 nitrogen and oxygen atoms in total. The van der Waals surface area contributed by atoms with E-state index in [0.717, 1.165) is 25.7 Å². The van der Waals surface area contributed by atoms with E-state index in [1.54, 1.807) is 0 Å². The van der Waals surface area contributed by atoms with Crippen molar-refractivity contribution < 1.29 is 9.59 Å². The molecular weight excluding hydrogens is 230 g/mol. The maximum atomic E-state index is 10.9. The molecule has 0 aliphatic rings. The van der Waals surface area contributed by atoms with Gasteiger partial charge >= 0.3 is 0 Å². The van der Waals surface area contributed by atoms with Gasteiger partial charge in [-0.25, -0.2) is 5.84 Å². The molecule has 0 aromatic rings. The molecule has 18 heavy (non-hydrogen) atoms. The number of nitrogens with two attached hydrogens (primary N) is 2. The number of Topliss-reactive ketones (excluding diaryl/α,β-unsaturated/α-hetero) is 1. The van der Waals surface area contributed by atoms with Crippen LogP contribution in [0.15, 0.2) is 0 Å². The van der Waals surface area contributed by atoms with Gasteiger partial charge in [-0.15, -0.1) is 0 Å². The van der Waals surface area contributed by atoms with Gasteiger partial charge in [0.05, 0.1) is 6.54 Å². The quantitative estimate of drug-likeness (QED) is 0.213. The van der Waals surface area contributed by atoms with Crippen LogP contribution in [0.1, 0.15) is 64.2 Å². The molecule has 0 heterocycles. The number of hydrazine groups is 1. The van der Waals surface area contributed by atoms with Crippen molar-refractivity contribution in [3.05, 3.63) is 0 Å². The van der Waals surface area contributed by atoms with E-state index in [4.69, 9.17) is 11.6 Å². The van der Waals surface area contributed by atoms with Gasteiger partial charge in [-0.3, -0.25) is 15.0 Å². The molecule has 0 fully saturated rings. The molecule has 0 aliphatic carbocycles. The molecule has 0 saturated heterocycles. The molecule has 0 aromatic heterocycles. The first-order valence-corrected chi connectivity index (χ1v) is 6.92. The summed E-state index contributed by atoms with van der Waals surface area (Å²) < 4.78 is 0. The molecule has 0 aliphatic heterocycles. The Balaban J connectivity index is 3.07. The van der Waals surface area contributed by atoms with E-state index in [1.807, 2.05) is 0 Å². The summed E-state index contributed by atoms with van der Waals surface area (Å²) in [5, 5.41) is 0. The normalized spacial score (nSPS) is 10.3. The Morgan fingerprint density at radius 3 is 1.67 bits per heavy atom. The number of carbonyl (C=O) groups excluding carboxylic acids is 2. The maximum absolute atomic E-state index is 10.9. The standard InChI is InChI=1S/C13H27N3O2/c14-11-12(17)9-7-5-3-1-2-4-6-8-10-13(18)16-15/h1-11,14-15H2,(H,16,18). The van der Waals surface area contributed by atoms with E-state index < -0.39 is 0 Å². The van der Waals surface area contributed by atoms with Crippen LogP contribution in [-0.2, 0) is 9.59 Å². The number of rotatable bonds is 12. The first-order chi connectivity index (χ1) is 8.70. The lowest BCUT2D eigenvalue weighted by atomic mass is 10.1. The van der Waals surface area contributed by atoms with Crippen LogP contribution in [0.3, 0.4) is 0 Å². The molecule has 1 amide bonds. The van der Waals surface area contributed by atoms with E-state index >= 15 is 0 Å². The molecule has 0 unspecified atom stereocenters. The molecule has 0 saturated carbocycles. The third kappa shape index (κ3) is 11.5. The fourth-order valence-electron chi connectivity index (χ4n) is 1.84. The number of ketones is 1. The van der Waals surface area contributed by atoms with Gasteiger partial charge in [0.1, 0.15) is 5.78 Å². The van der Waals surface area contributed by atoms with E-state index in [1.165, 1.54) is 25.7 Å². The summed E-state index contributed by atoms with van der Waals surface area (Å²) in [6.45, 7) is 0.177. The zero-order valence-electron chi connectivity index (χ0n) is 11.2. The second-order valence-corrected chi connectivity index (χ2v) is 4.64. The number of amides is 1. The maximum Gasteiger partial charge on any atom is 0.233 e. The van der Waals surface area contributed by atoms with Gasteiger partial charge in [0, 0.05) is 12.8 Å². The number of nitrogens with one attached hydrogen (secondary N) is 1. The summed E-state index contributed by atoms with van der Waals surface area (Å²) >= 11 is 0. The predicted octanol–water partition coefficient (Wildman–Crippen LogP) is 1.41. The van der Waals surface area contributed by atoms with E-state index in [9.17, 15) is 9.59 Å². The molecule has 0 bridgehead atoms. The van der Waals surface area contributed by atoms with E-state index in [0.29, 0.717) is 12.8 Å². The molecule has 0 spiro atoms. The fourth-order valence-corrected chi connectivity index (χ4v) is 1.84. The molecule has 0 rings (SSSR count). The van der Waals surface area contributed by atoms with Crippen molar-refractivity contribution in [3.63, 3.8) is 0 Å². The topological polar surface area (TPSA) is 98.2 Å². The minimum atomic E-state index is -0.0837. The van der Waals surface area contributed by atoms with Gasteiger partial charge < -0.3 is 5.73 Å². The summed E-state index contributed by atoms with van der Waals surface area (Å²) in [4.78, 5) is 21.8. The van der Waals surface area contributed by atoms with Crippen LogP contribution >= 0.6 is 0 Å². The van der Waals surface area contributed by atoms with Gasteiger partial charge in [-0.2, -0.15) is 0 Å². The van der Waals surface area contributed by atoms with Crippen molar-refractivity contribution in [2.24, 2.45) is 11.6 Å². The van der Waals surface area contributed by atoms with Crippen molar-refractivity contribution in [1.29, 1.82) is 0 Å². The molecule has 0 radical (unpaired) electrons. The lowest BCUT2D eigenvalue weighted by molar-refractivity contribution is -0.121. The van der Waals surface area contributed by atoms with E-state index in [2.05, 4.69) is 5.43 Å². The zero-order chi connectivity index (χ0) is 13.6. The minimum Gasteiger partial charge on any atom is -0.324 e. The lowest BCUT2D eigenvalue weighted by Crippen LogP contribution is -2.29. The van der Waals surface area contributed by atoms with Crippen LogP contribution in [0.4, 0.5) is 0 Å². The second kappa shape index (κ2) is 12.5. The molecule has 5 N–H and O–H groups in total. The average molecular weight is 257 g/mol. The van der Waals surface area contributed by atoms with E-state index in [-0.39, 0.29) is 18.2 Å². The predicted molar refractivity (Wildman–Crippen MR) is 72.6 cm³/mol. The molecule has 0 aromatic carbocycles. The lowest BCUT2D eigenvalue weighted by Gasteiger charge is -2.02. The second-order valence-electron chi connectivity index (χ2n) is 4.64. The van der Waals surface area contributed by atoms with Gasteiger partial charge in [-0.1, -0.05) is 38.5 Å². The Kier molecular flexibility index (Phi) is 11.9. The fraction of sp³-hybridized carbons (Fsp3) is 0.846. The van der Waals surface area contributed by atoms with Crippen LogP contribution in [0, 0.1) is 0 Å². The third-order valence-corrected chi connectivity index (χ3v) is 3.00. The molecular formula is C13H27N3O2. The van der Waals surface area contributed by atoms with Gasteiger partial charge in [-0.05, 0) is 12.8 Å². The van der Waals surface area contributed by atoms with Crippen LogP contribution in [0.5, 0.6) is 0 Å². The first-order valence-electron chi connectivity index (χ1n) is 6.92. The van der Waals surface area contributed by atoms with Crippen LogP contribution in [0.2, 0.25) is 0 Å². The Morgan fingerprint density at radius 2 is 1.22 bits per heavy atom. The molecule has 5 heteroatoms. The smallest absolute Gasteiger partial charge is 0.233 e. The highest BCUT2D eigenvalue weighted by molar-refractivity contribution is 5.80. The summed E-state index contributed by atoms with van der Waals surface area (Å²) in [5.41, 5.74) is 7.36. The van der Waals surface area contributed by atoms with Crippen LogP contribution in [0.25, 0.3) is 0 Å². The minimum absolute atomic E-state index is 0.0837. The van der Waals surface area contributed by atoms with Gasteiger partial charge in [0.25, 0.3) is 0 Å². The summed E-state index contributed by atoms with van der Waals surface area (Å²) in [6.07, 6.45) is 9.99. The number of carbonyl (C=O) groups is 2. The highest BCUT2D eigenvalue weighted by Gasteiger charge is 1.99. The number of hydrogen-bond donors (Lipinski definition) is 3. The Bertz CT molecular complexity index is 208. The zero-order valence-corrected chi connectivity index (χ0v) is 11.2. The van der Waals surface area contributed by atoms with Crippen LogP contribution in [-0.4, -0.2) is 18.2 Å². The van der Waals surface area contributed by atoms with Gasteiger partial charge in [0.2, 0.25) is 5.91 Å². The molecule has 106 valence electrons. The SMILES string of the molecule is NCC(=O)CCCCCCCCCCC(=O)NN. The highest BCUT2D eigenvalue weighted by atomic mass is 16.2. The van der Waals surface area contributed by atoms with Crippen LogP contribution < -0.4 is 17.0 Å². The summed E-state index contributed by atoms with van der Waals surface area (Å²) in [7, 11) is 0. The van der Waals surface area contributed by atoms with Crippen molar-refractivity contribution in [2.45, 2.75) is 64.2 Å². The Labute approximate surface area is 110 Å². The van der Waals surface area contributed by atoms with Crippen molar-refractivity contribution >= 4 is 11.7 Å². The average Bonchev–Trinajstić information content (AvgIpc) is 2.40. The monoisotopic (exact) mass is 257 g/mol. The van der Waals surface area contributed by atoms with Gasteiger partial charge in [0.15, 0.2) is 0 Å². The summed E-state index contributed by atoms with van der Waals surface area (Å²) in [5.74, 6) is 5.06. The number of hydrogen-bond acceptors (Lipinski definition) is 4. The third-order valence-electron chi connectivity index (χ3n) is 3.00. The Hall–Kier alpha value is -0.940. The largest absolute Gasteiger partial charge is 0.324 e. The molecule has 0 atom stereocenters.